The number of esters is 1. The number of aliphatic hydroxyl groups is 2. The summed E-state index contributed by atoms with van der Waals surface area (Å²) in [6, 6.07) is -0.542. The molecule has 0 aromatic rings. The van der Waals surface area contributed by atoms with Crippen LogP contribution in [0.4, 0.5) is 0 Å². The molecule has 0 heterocycles. The van der Waals surface area contributed by atoms with E-state index in [0.29, 0.717) is 25.9 Å². The smallest absolute Gasteiger partial charge is 0.305 e. The second kappa shape index (κ2) is 66.6. The molecule has 0 aromatic heterocycles. The lowest BCUT2D eigenvalue weighted by Crippen LogP contribution is -2.45. The van der Waals surface area contributed by atoms with Gasteiger partial charge in [0.05, 0.1) is 25.4 Å². The number of aliphatic hydroxyl groups excluding tert-OH is 2. The van der Waals surface area contributed by atoms with Crippen LogP contribution in [0.5, 0.6) is 0 Å². The number of nitrogens with one attached hydrogen (secondary N) is 1. The zero-order valence-electron chi connectivity index (χ0n) is 52.0. The average Bonchev–Trinajstić information content (AvgIpc) is 3.43. The van der Waals surface area contributed by atoms with Gasteiger partial charge in [-0.2, -0.15) is 0 Å². The second-order valence-electron chi connectivity index (χ2n) is 23.9. The number of amides is 1. The molecule has 0 saturated carbocycles. The zero-order valence-corrected chi connectivity index (χ0v) is 52.0. The third-order valence-corrected chi connectivity index (χ3v) is 16.2. The molecule has 0 aromatic carbocycles. The van der Waals surface area contributed by atoms with Gasteiger partial charge in [0.2, 0.25) is 5.91 Å². The van der Waals surface area contributed by atoms with Gasteiger partial charge in [0.25, 0.3) is 0 Å². The van der Waals surface area contributed by atoms with E-state index in [2.05, 4.69) is 55.6 Å². The predicted molar refractivity (Wildman–Crippen MR) is 338 cm³/mol. The lowest BCUT2D eigenvalue weighted by molar-refractivity contribution is -0.143. The highest BCUT2D eigenvalue weighted by molar-refractivity contribution is 5.76. The number of allylic oxidation sites excluding steroid dienone is 6. The molecule has 0 aliphatic heterocycles. The minimum atomic E-state index is -0.664. The lowest BCUT2D eigenvalue weighted by atomic mass is 10.0. The van der Waals surface area contributed by atoms with E-state index in [1.807, 2.05) is 0 Å². The van der Waals surface area contributed by atoms with Gasteiger partial charge in [-0.15, -0.1) is 0 Å². The highest BCUT2D eigenvalue weighted by Gasteiger charge is 2.20. The van der Waals surface area contributed by atoms with Crippen LogP contribution in [0.3, 0.4) is 0 Å². The topological polar surface area (TPSA) is 95.9 Å². The number of carbonyl (C=O) groups excluding carboxylic acids is 2. The van der Waals surface area contributed by atoms with Crippen molar-refractivity contribution in [3.63, 3.8) is 0 Å². The Kier molecular flexibility index (Phi) is 64.9. The molecule has 6 heteroatoms. The average molecular weight is 1080 g/mol. The molecule has 0 rings (SSSR count). The van der Waals surface area contributed by atoms with Crippen molar-refractivity contribution in [3.8, 4) is 0 Å². The monoisotopic (exact) mass is 1080 g/mol. The number of carbonyl (C=O) groups is 2. The molecule has 0 aliphatic carbocycles. The van der Waals surface area contributed by atoms with Crippen molar-refractivity contribution in [2.75, 3.05) is 13.2 Å². The second-order valence-corrected chi connectivity index (χ2v) is 23.9. The van der Waals surface area contributed by atoms with Crippen molar-refractivity contribution in [3.05, 3.63) is 36.5 Å². The SMILES string of the molecule is CCCCCCCCC/C=C\CCCCCCCCCC(=O)OCCCCCCCCCCC/C=C\C/C=C\CCCCCCCCCCCCCCCC(=O)NC(CO)C(O)CCCCCCCCCCCCCCC. The lowest BCUT2D eigenvalue weighted by Gasteiger charge is -2.22. The molecule has 0 saturated heterocycles. The van der Waals surface area contributed by atoms with Gasteiger partial charge in [-0.05, 0) is 83.5 Å². The number of hydrogen-bond acceptors (Lipinski definition) is 5. The molecular weight excluding hydrogens is 947 g/mol. The first-order chi connectivity index (χ1) is 38.0. The summed E-state index contributed by atoms with van der Waals surface area (Å²) in [6.45, 7) is 4.97. The molecule has 0 spiro atoms. The first kappa shape index (κ1) is 75.1. The molecule has 0 bridgehead atoms. The van der Waals surface area contributed by atoms with Crippen molar-refractivity contribution in [1.82, 2.24) is 5.32 Å². The molecular formula is C71H135NO5. The van der Waals surface area contributed by atoms with Gasteiger partial charge in [0.15, 0.2) is 0 Å². The van der Waals surface area contributed by atoms with Crippen LogP contribution in [-0.4, -0.2) is 47.4 Å². The van der Waals surface area contributed by atoms with Crippen LogP contribution in [0.2, 0.25) is 0 Å². The van der Waals surface area contributed by atoms with E-state index in [4.69, 9.17) is 4.74 Å². The van der Waals surface area contributed by atoms with Gasteiger partial charge in [-0.1, -0.05) is 320 Å². The summed E-state index contributed by atoms with van der Waals surface area (Å²) in [5.74, 6) is -0.0252. The van der Waals surface area contributed by atoms with Gasteiger partial charge >= 0.3 is 5.97 Å². The molecule has 0 aliphatic rings. The van der Waals surface area contributed by atoms with Gasteiger partial charge in [0.1, 0.15) is 0 Å². The van der Waals surface area contributed by atoms with E-state index in [-0.39, 0.29) is 18.5 Å². The highest BCUT2D eigenvalue weighted by Crippen LogP contribution is 2.18. The number of ether oxygens (including phenoxy) is 1. The Balaban J connectivity index is 3.38. The van der Waals surface area contributed by atoms with E-state index >= 15 is 0 Å². The molecule has 77 heavy (non-hydrogen) atoms. The summed E-state index contributed by atoms with van der Waals surface area (Å²) in [4.78, 5) is 24.6. The molecule has 6 nitrogen and oxygen atoms in total. The molecule has 0 fully saturated rings. The Labute approximate surface area is 481 Å². The minimum absolute atomic E-state index is 0.00947. The maximum atomic E-state index is 12.5. The van der Waals surface area contributed by atoms with Crippen LogP contribution in [-0.2, 0) is 14.3 Å². The first-order valence-electron chi connectivity index (χ1n) is 34.7. The van der Waals surface area contributed by atoms with Gasteiger partial charge < -0.3 is 20.3 Å². The number of hydrogen-bond donors (Lipinski definition) is 3. The minimum Gasteiger partial charge on any atom is -0.466 e. The van der Waals surface area contributed by atoms with Gasteiger partial charge in [-0.25, -0.2) is 0 Å². The maximum absolute atomic E-state index is 12.5. The summed E-state index contributed by atoms with van der Waals surface area (Å²) in [5.41, 5.74) is 0. The Morgan fingerprint density at radius 1 is 0.364 bits per heavy atom. The van der Waals surface area contributed by atoms with E-state index in [0.717, 1.165) is 51.4 Å². The van der Waals surface area contributed by atoms with Crippen molar-refractivity contribution in [2.45, 2.75) is 392 Å². The Morgan fingerprint density at radius 2 is 0.649 bits per heavy atom. The highest BCUT2D eigenvalue weighted by atomic mass is 16.5. The standard InChI is InChI=1S/C71H135NO5/c1-3-5-7-9-11-13-15-17-18-19-34-37-41-45-49-53-57-61-65-71(76)77-66-62-58-54-50-46-42-38-35-32-30-28-26-24-22-20-21-23-25-27-29-31-33-36-40-44-48-52-56-60-64-70(75)72-68(67-73)69(74)63-59-55-51-47-43-39-16-14-12-10-8-6-4-2/h18-20,22,26,28,68-69,73-74H,3-17,21,23-25,27,29-67H2,1-2H3,(H,72,75)/b19-18-,22-20-,28-26-. The van der Waals surface area contributed by atoms with Crippen LogP contribution in [0, 0.1) is 0 Å². The van der Waals surface area contributed by atoms with E-state index in [9.17, 15) is 19.8 Å². The van der Waals surface area contributed by atoms with E-state index in [1.54, 1.807) is 0 Å². The fourth-order valence-electron chi connectivity index (χ4n) is 10.8. The van der Waals surface area contributed by atoms with Crippen molar-refractivity contribution in [2.24, 2.45) is 0 Å². The summed E-state index contributed by atoms with van der Waals surface area (Å²) >= 11 is 0. The maximum Gasteiger partial charge on any atom is 0.305 e. The third-order valence-electron chi connectivity index (χ3n) is 16.2. The summed E-state index contributed by atoms with van der Waals surface area (Å²) in [7, 11) is 0. The van der Waals surface area contributed by atoms with Crippen LogP contribution < -0.4 is 5.32 Å². The quantitative estimate of drug-likeness (QED) is 0.0320. The Bertz CT molecular complexity index is 1250. The number of unbranched alkanes of at least 4 members (excludes halogenated alkanes) is 48. The zero-order chi connectivity index (χ0) is 55.7. The van der Waals surface area contributed by atoms with Gasteiger partial charge in [-0.3, -0.25) is 9.59 Å². The van der Waals surface area contributed by atoms with Crippen LogP contribution in [0.1, 0.15) is 380 Å². The van der Waals surface area contributed by atoms with Crippen molar-refractivity contribution < 1.29 is 24.5 Å². The normalized spacial score (nSPS) is 12.7. The van der Waals surface area contributed by atoms with Crippen LogP contribution in [0.15, 0.2) is 36.5 Å². The third kappa shape index (κ3) is 63.1. The van der Waals surface area contributed by atoms with E-state index in [1.165, 1.54) is 295 Å². The summed E-state index contributed by atoms with van der Waals surface area (Å²) in [5, 5.41) is 23.3. The fourth-order valence-corrected chi connectivity index (χ4v) is 10.8. The fraction of sp³-hybridized carbons (Fsp3) is 0.887. The molecule has 1 amide bonds. The van der Waals surface area contributed by atoms with Crippen molar-refractivity contribution >= 4 is 11.9 Å². The summed E-state index contributed by atoms with van der Waals surface area (Å²) in [6.07, 6.45) is 84.7. The molecule has 454 valence electrons. The first-order valence-corrected chi connectivity index (χ1v) is 34.7. The molecule has 3 N–H and O–H groups in total. The predicted octanol–water partition coefficient (Wildman–Crippen LogP) is 22.3. The Hall–Kier alpha value is -1.92. The number of rotatable bonds is 65. The molecule has 2 atom stereocenters. The van der Waals surface area contributed by atoms with Gasteiger partial charge in [0, 0.05) is 12.8 Å². The van der Waals surface area contributed by atoms with Crippen LogP contribution in [0.25, 0.3) is 0 Å². The largest absolute Gasteiger partial charge is 0.466 e. The van der Waals surface area contributed by atoms with Crippen molar-refractivity contribution in [1.29, 1.82) is 0 Å². The van der Waals surface area contributed by atoms with Crippen LogP contribution >= 0.6 is 0 Å². The molecule has 2 unspecified atom stereocenters. The Morgan fingerprint density at radius 3 is 1.00 bits per heavy atom. The molecule has 0 radical (unpaired) electrons. The van der Waals surface area contributed by atoms with E-state index < -0.39 is 12.1 Å². The summed E-state index contributed by atoms with van der Waals surface area (Å²) < 4.78 is 5.50.